The number of hydrogen-bond donors (Lipinski definition) is 2. The van der Waals surface area contributed by atoms with Crippen LogP contribution in [-0.4, -0.2) is 29.8 Å². The fourth-order valence-electron chi connectivity index (χ4n) is 1.46. The number of rotatable bonds is 6. The average Bonchev–Trinajstić information content (AvgIpc) is 2.31. The summed E-state index contributed by atoms with van der Waals surface area (Å²) >= 11 is 0. The van der Waals surface area contributed by atoms with E-state index in [2.05, 4.69) is 16.8 Å². The third kappa shape index (κ3) is 3.49. The van der Waals surface area contributed by atoms with Gasteiger partial charge in [-0.15, -0.1) is 0 Å². The van der Waals surface area contributed by atoms with Gasteiger partial charge < -0.3 is 15.7 Å². The Morgan fingerprint density at radius 3 is 2.73 bits per heavy atom. The molecule has 0 bridgehead atoms. The SMILES string of the molecule is CCN(CCCO)c1ccc(CN)nc1. The first-order valence-corrected chi connectivity index (χ1v) is 5.32. The van der Waals surface area contributed by atoms with Crippen molar-refractivity contribution < 1.29 is 5.11 Å². The van der Waals surface area contributed by atoms with Crippen LogP contribution in [0.15, 0.2) is 18.3 Å². The number of aliphatic hydroxyl groups excluding tert-OH is 1. The van der Waals surface area contributed by atoms with E-state index in [-0.39, 0.29) is 6.61 Å². The number of aliphatic hydroxyl groups is 1. The predicted molar refractivity (Wildman–Crippen MR) is 61.7 cm³/mol. The maximum absolute atomic E-state index is 8.78. The molecule has 0 unspecified atom stereocenters. The fraction of sp³-hybridized carbons (Fsp3) is 0.545. The molecule has 0 radical (unpaired) electrons. The second kappa shape index (κ2) is 6.37. The van der Waals surface area contributed by atoms with Crippen LogP contribution in [0.25, 0.3) is 0 Å². The van der Waals surface area contributed by atoms with Gasteiger partial charge in [0.15, 0.2) is 0 Å². The third-order valence-corrected chi connectivity index (χ3v) is 2.35. The minimum Gasteiger partial charge on any atom is -0.396 e. The van der Waals surface area contributed by atoms with Crippen molar-refractivity contribution in [2.45, 2.75) is 19.9 Å². The molecule has 0 saturated heterocycles. The van der Waals surface area contributed by atoms with Crippen molar-refractivity contribution in [3.8, 4) is 0 Å². The summed E-state index contributed by atoms with van der Waals surface area (Å²) in [6, 6.07) is 3.97. The highest BCUT2D eigenvalue weighted by Gasteiger charge is 2.03. The predicted octanol–water partition coefficient (Wildman–Crippen LogP) is 0.749. The van der Waals surface area contributed by atoms with Crippen LogP contribution in [0.2, 0.25) is 0 Å². The molecule has 0 amide bonds. The smallest absolute Gasteiger partial charge is 0.0552 e. The quantitative estimate of drug-likeness (QED) is 0.725. The summed E-state index contributed by atoms with van der Waals surface area (Å²) in [6.07, 6.45) is 2.62. The standard InChI is InChI=1S/C11H19N3O/c1-2-14(6-3-7-15)11-5-4-10(8-12)13-9-11/h4-5,9,15H,2-3,6-8,12H2,1H3. The molecular formula is C11H19N3O. The van der Waals surface area contributed by atoms with Gasteiger partial charge in [-0.1, -0.05) is 0 Å². The lowest BCUT2D eigenvalue weighted by atomic mass is 10.3. The van der Waals surface area contributed by atoms with E-state index < -0.39 is 0 Å². The van der Waals surface area contributed by atoms with Gasteiger partial charge in [0.2, 0.25) is 0 Å². The number of pyridine rings is 1. The molecule has 0 saturated carbocycles. The molecule has 0 aliphatic heterocycles. The van der Waals surface area contributed by atoms with Crippen LogP contribution in [-0.2, 0) is 6.54 Å². The van der Waals surface area contributed by atoms with Crippen LogP contribution in [0.3, 0.4) is 0 Å². The summed E-state index contributed by atoms with van der Waals surface area (Å²) in [5, 5.41) is 8.78. The van der Waals surface area contributed by atoms with Gasteiger partial charge in [0.1, 0.15) is 0 Å². The second-order valence-electron chi connectivity index (χ2n) is 3.37. The summed E-state index contributed by atoms with van der Waals surface area (Å²) in [5.41, 5.74) is 7.47. The van der Waals surface area contributed by atoms with Gasteiger partial charge in [-0.3, -0.25) is 4.98 Å². The third-order valence-electron chi connectivity index (χ3n) is 2.35. The summed E-state index contributed by atoms with van der Waals surface area (Å²) in [5.74, 6) is 0. The molecule has 15 heavy (non-hydrogen) atoms. The van der Waals surface area contributed by atoms with E-state index in [1.54, 1.807) is 0 Å². The molecule has 1 rings (SSSR count). The summed E-state index contributed by atoms with van der Waals surface area (Å²) in [6.45, 7) is 4.57. The molecule has 1 aromatic heterocycles. The number of hydrogen-bond acceptors (Lipinski definition) is 4. The highest BCUT2D eigenvalue weighted by Crippen LogP contribution is 2.12. The lowest BCUT2D eigenvalue weighted by Gasteiger charge is -2.22. The molecule has 0 aliphatic rings. The van der Waals surface area contributed by atoms with Crippen molar-refractivity contribution in [3.63, 3.8) is 0 Å². The Morgan fingerprint density at radius 2 is 2.27 bits per heavy atom. The van der Waals surface area contributed by atoms with Gasteiger partial charge in [0.05, 0.1) is 17.6 Å². The molecular weight excluding hydrogens is 190 g/mol. The largest absolute Gasteiger partial charge is 0.396 e. The Bertz CT molecular complexity index is 274. The molecule has 1 heterocycles. The first kappa shape index (κ1) is 11.9. The number of aromatic nitrogens is 1. The van der Waals surface area contributed by atoms with Crippen LogP contribution in [0.5, 0.6) is 0 Å². The van der Waals surface area contributed by atoms with Crippen molar-refractivity contribution in [3.05, 3.63) is 24.0 Å². The van der Waals surface area contributed by atoms with E-state index in [1.165, 1.54) is 0 Å². The van der Waals surface area contributed by atoms with Gasteiger partial charge in [-0.05, 0) is 25.5 Å². The van der Waals surface area contributed by atoms with Crippen LogP contribution in [0.1, 0.15) is 19.0 Å². The summed E-state index contributed by atoms with van der Waals surface area (Å²) in [7, 11) is 0. The van der Waals surface area contributed by atoms with Crippen LogP contribution in [0.4, 0.5) is 5.69 Å². The van der Waals surface area contributed by atoms with Gasteiger partial charge in [0, 0.05) is 26.2 Å². The lowest BCUT2D eigenvalue weighted by Crippen LogP contribution is -2.24. The highest BCUT2D eigenvalue weighted by molar-refractivity contribution is 5.44. The zero-order valence-electron chi connectivity index (χ0n) is 9.19. The number of anilines is 1. The average molecular weight is 209 g/mol. The molecule has 4 heteroatoms. The molecule has 0 aliphatic carbocycles. The summed E-state index contributed by atoms with van der Waals surface area (Å²) in [4.78, 5) is 6.43. The summed E-state index contributed by atoms with van der Waals surface area (Å²) < 4.78 is 0. The minimum absolute atomic E-state index is 0.227. The van der Waals surface area contributed by atoms with E-state index in [1.807, 2.05) is 18.3 Å². The number of nitrogens with two attached hydrogens (primary N) is 1. The molecule has 0 aromatic carbocycles. The minimum atomic E-state index is 0.227. The van der Waals surface area contributed by atoms with Gasteiger partial charge in [-0.25, -0.2) is 0 Å². The highest BCUT2D eigenvalue weighted by atomic mass is 16.3. The van der Waals surface area contributed by atoms with E-state index in [9.17, 15) is 0 Å². The zero-order chi connectivity index (χ0) is 11.1. The van der Waals surface area contributed by atoms with Gasteiger partial charge in [-0.2, -0.15) is 0 Å². The lowest BCUT2D eigenvalue weighted by molar-refractivity contribution is 0.289. The van der Waals surface area contributed by atoms with Crippen LogP contribution < -0.4 is 10.6 Å². The Balaban J connectivity index is 2.65. The topological polar surface area (TPSA) is 62.4 Å². The molecule has 3 N–H and O–H groups in total. The van der Waals surface area contributed by atoms with E-state index in [0.29, 0.717) is 6.54 Å². The van der Waals surface area contributed by atoms with Gasteiger partial charge in [0.25, 0.3) is 0 Å². The Labute approximate surface area is 90.7 Å². The van der Waals surface area contributed by atoms with Crippen molar-refractivity contribution >= 4 is 5.69 Å². The molecule has 1 aromatic rings. The number of nitrogens with zero attached hydrogens (tertiary/aromatic N) is 2. The van der Waals surface area contributed by atoms with Crippen molar-refractivity contribution in [2.75, 3.05) is 24.6 Å². The second-order valence-corrected chi connectivity index (χ2v) is 3.37. The zero-order valence-corrected chi connectivity index (χ0v) is 9.19. The Morgan fingerprint density at radius 1 is 1.47 bits per heavy atom. The molecule has 0 spiro atoms. The maximum Gasteiger partial charge on any atom is 0.0552 e. The fourth-order valence-corrected chi connectivity index (χ4v) is 1.46. The molecule has 4 nitrogen and oxygen atoms in total. The van der Waals surface area contributed by atoms with E-state index in [0.717, 1.165) is 30.9 Å². The van der Waals surface area contributed by atoms with Crippen molar-refractivity contribution in [1.82, 2.24) is 4.98 Å². The van der Waals surface area contributed by atoms with Crippen LogP contribution >= 0.6 is 0 Å². The van der Waals surface area contributed by atoms with E-state index >= 15 is 0 Å². The van der Waals surface area contributed by atoms with E-state index in [4.69, 9.17) is 10.8 Å². The van der Waals surface area contributed by atoms with Crippen molar-refractivity contribution in [2.24, 2.45) is 5.73 Å². The first-order chi connectivity index (χ1) is 7.31. The molecule has 0 atom stereocenters. The Hall–Kier alpha value is -1.13. The first-order valence-electron chi connectivity index (χ1n) is 5.32. The monoisotopic (exact) mass is 209 g/mol. The van der Waals surface area contributed by atoms with Gasteiger partial charge >= 0.3 is 0 Å². The van der Waals surface area contributed by atoms with Crippen molar-refractivity contribution in [1.29, 1.82) is 0 Å². The normalized spacial score (nSPS) is 10.3. The molecule has 0 fully saturated rings. The Kier molecular flexibility index (Phi) is 5.07. The van der Waals surface area contributed by atoms with Crippen LogP contribution in [0, 0.1) is 0 Å². The molecule has 84 valence electrons. The maximum atomic E-state index is 8.78.